The van der Waals surface area contributed by atoms with Crippen LogP contribution in [0.4, 0.5) is 0 Å². The molecule has 1 N–H and O–H groups in total. The van der Waals surface area contributed by atoms with Gasteiger partial charge in [0.25, 0.3) is 5.91 Å². The van der Waals surface area contributed by atoms with Gasteiger partial charge in [-0.1, -0.05) is 48.5 Å². The van der Waals surface area contributed by atoms with Crippen molar-refractivity contribution in [1.82, 2.24) is 5.32 Å². The summed E-state index contributed by atoms with van der Waals surface area (Å²) in [5.74, 6) is -0.888. The minimum Gasteiger partial charge on any atom is -0.464 e. The lowest BCUT2D eigenvalue weighted by Crippen LogP contribution is -2.43. The van der Waals surface area contributed by atoms with Crippen LogP contribution in [0.5, 0.6) is 0 Å². The highest BCUT2D eigenvalue weighted by Gasteiger charge is 2.33. The second-order valence-corrected chi connectivity index (χ2v) is 5.69. The lowest BCUT2D eigenvalue weighted by molar-refractivity contribution is -0.163. The standard InChI is InChI=1S/C19H22NO5P/c1-2-23-19(22)17(24-13-25-26)16(14-9-5-3-6-10-14)20-18(21)15-11-7-4-8-12-15/h3-12,16-17H,2,13,26H2,1H3,(H,20,21)/t16?,17-/m0/s1. The maximum absolute atomic E-state index is 12.6. The normalized spacial score (nSPS) is 12.8. The fourth-order valence-electron chi connectivity index (χ4n) is 2.45. The number of rotatable bonds is 9. The average Bonchev–Trinajstić information content (AvgIpc) is 2.68. The molecule has 0 spiro atoms. The van der Waals surface area contributed by atoms with Crippen molar-refractivity contribution in [3.8, 4) is 0 Å². The van der Waals surface area contributed by atoms with E-state index in [-0.39, 0.29) is 19.3 Å². The Kier molecular flexibility index (Phi) is 8.22. The van der Waals surface area contributed by atoms with E-state index < -0.39 is 18.1 Å². The van der Waals surface area contributed by atoms with Gasteiger partial charge in [-0.2, -0.15) is 0 Å². The van der Waals surface area contributed by atoms with Crippen molar-refractivity contribution in [2.75, 3.05) is 13.4 Å². The molecule has 0 aliphatic heterocycles. The summed E-state index contributed by atoms with van der Waals surface area (Å²) in [6, 6.07) is 17.2. The van der Waals surface area contributed by atoms with Gasteiger partial charge in [-0.3, -0.25) is 4.79 Å². The highest BCUT2D eigenvalue weighted by molar-refractivity contribution is 7.09. The summed E-state index contributed by atoms with van der Waals surface area (Å²) in [7, 11) is 2.05. The summed E-state index contributed by atoms with van der Waals surface area (Å²) in [5, 5.41) is 2.87. The van der Waals surface area contributed by atoms with Crippen LogP contribution >= 0.6 is 9.47 Å². The molecule has 2 unspecified atom stereocenters. The molecule has 0 saturated carbocycles. The molecule has 2 aromatic carbocycles. The second-order valence-electron chi connectivity index (χ2n) is 5.35. The fraction of sp³-hybridized carbons (Fsp3) is 0.263. The molecule has 1 amide bonds. The molecule has 0 aliphatic rings. The number of hydrogen-bond acceptors (Lipinski definition) is 5. The number of carbonyl (C=O) groups excluding carboxylic acids is 2. The molecule has 138 valence electrons. The number of carbonyl (C=O) groups is 2. The molecule has 2 aromatic rings. The minimum atomic E-state index is -1.05. The molecule has 6 nitrogen and oxygen atoms in total. The highest BCUT2D eigenvalue weighted by Crippen LogP contribution is 2.22. The van der Waals surface area contributed by atoms with Gasteiger partial charge >= 0.3 is 5.97 Å². The maximum Gasteiger partial charge on any atom is 0.337 e. The van der Waals surface area contributed by atoms with Crippen molar-refractivity contribution in [3.63, 3.8) is 0 Å². The monoisotopic (exact) mass is 375 g/mol. The largest absolute Gasteiger partial charge is 0.464 e. The summed E-state index contributed by atoms with van der Waals surface area (Å²) in [5.41, 5.74) is 1.21. The van der Waals surface area contributed by atoms with Crippen molar-refractivity contribution < 1.29 is 23.6 Å². The van der Waals surface area contributed by atoms with Gasteiger partial charge in [-0.25, -0.2) is 4.79 Å². The van der Waals surface area contributed by atoms with E-state index in [0.717, 1.165) is 5.56 Å². The van der Waals surface area contributed by atoms with Gasteiger partial charge in [-0.05, 0) is 24.6 Å². The summed E-state index contributed by atoms with van der Waals surface area (Å²) in [6.45, 7) is 1.77. The molecule has 0 aliphatic carbocycles. The quantitative estimate of drug-likeness (QED) is 0.414. The van der Waals surface area contributed by atoms with Crippen LogP contribution in [-0.2, 0) is 18.8 Å². The Hall–Kier alpha value is -2.27. The van der Waals surface area contributed by atoms with Gasteiger partial charge in [-0.15, -0.1) is 0 Å². The van der Waals surface area contributed by atoms with Crippen LogP contribution in [0.25, 0.3) is 0 Å². The molecular formula is C19H22NO5P. The summed E-state index contributed by atoms with van der Waals surface area (Å²) >= 11 is 0. The van der Waals surface area contributed by atoms with Crippen molar-refractivity contribution in [1.29, 1.82) is 0 Å². The zero-order valence-corrected chi connectivity index (χ0v) is 15.6. The molecule has 26 heavy (non-hydrogen) atoms. The molecule has 2 rings (SSSR count). The lowest BCUT2D eigenvalue weighted by atomic mass is 10.0. The van der Waals surface area contributed by atoms with Crippen LogP contribution < -0.4 is 5.32 Å². The maximum atomic E-state index is 12.6. The van der Waals surface area contributed by atoms with Crippen LogP contribution in [0, 0.1) is 0 Å². The van der Waals surface area contributed by atoms with Gasteiger partial charge in [0, 0.05) is 15.0 Å². The van der Waals surface area contributed by atoms with E-state index in [4.69, 9.17) is 14.0 Å². The molecule has 0 heterocycles. The zero-order chi connectivity index (χ0) is 18.8. The van der Waals surface area contributed by atoms with E-state index in [1.807, 2.05) is 36.4 Å². The first-order valence-electron chi connectivity index (χ1n) is 8.18. The Morgan fingerprint density at radius 3 is 2.23 bits per heavy atom. The first kappa shape index (κ1) is 20.0. The minimum absolute atomic E-state index is 0.140. The topological polar surface area (TPSA) is 73.9 Å². The molecule has 0 radical (unpaired) electrons. The predicted molar refractivity (Wildman–Crippen MR) is 100 cm³/mol. The Balaban J connectivity index is 2.31. The van der Waals surface area contributed by atoms with Gasteiger partial charge < -0.3 is 19.3 Å². The number of benzene rings is 2. The van der Waals surface area contributed by atoms with Crippen molar-refractivity contribution in [2.24, 2.45) is 0 Å². The molecule has 0 bridgehead atoms. The average molecular weight is 375 g/mol. The Bertz CT molecular complexity index is 696. The predicted octanol–water partition coefficient (Wildman–Crippen LogP) is 2.87. The molecule has 3 atom stereocenters. The van der Waals surface area contributed by atoms with Crippen LogP contribution in [0.3, 0.4) is 0 Å². The Labute approximate surface area is 155 Å². The number of hydrogen-bond donors (Lipinski definition) is 1. The number of esters is 1. The smallest absolute Gasteiger partial charge is 0.337 e. The first-order valence-corrected chi connectivity index (χ1v) is 8.65. The van der Waals surface area contributed by atoms with Crippen LogP contribution in [-0.4, -0.2) is 31.4 Å². The summed E-state index contributed by atoms with van der Waals surface area (Å²) in [6.07, 6.45) is -1.05. The van der Waals surface area contributed by atoms with E-state index in [2.05, 4.69) is 14.8 Å². The number of ether oxygens (including phenoxy) is 2. The third-order valence-corrected chi connectivity index (χ3v) is 3.75. The zero-order valence-electron chi connectivity index (χ0n) is 14.5. The molecule has 0 fully saturated rings. The van der Waals surface area contributed by atoms with Gasteiger partial charge in [0.15, 0.2) is 12.9 Å². The third-order valence-electron chi connectivity index (χ3n) is 3.62. The van der Waals surface area contributed by atoms with Gasteiger partial charge in [0.2, 0.25) is 0 Å². The van der Waals surface area contributed by atoms with E-state index in [1.54, 1.807) is 31.2 Å². The Morgan fingerprint density at radius 2 is 1.65 bits per heavy atom. The van der Waals surface area contributed by atoms with E-state index in [9.17, 15) is 9.59 Å². The highest BCUT2D eigenvalue weighted by atomic mass is 31.0. The van der Waals surface area contributed by atoms with Crippen LogP contribution in [0.1, 0.15) is 28.9 Å². The van der Waals surface area contributed by atoms with Crippen molar-refractivity contribution >= 4 is 21.3 Å². The number of amides is 1. The van der Waals surface area contributed by atoms with Gasteiger partial charge in [0.1, 0.15) is 0 Å². The van der Waals surface area contributed by atoms with Crippen LogP contribution in [0.2, 0.25) is 0 Å². The molecular weight excluding hydrogens is 353 g/mol. The van der Waals surface area contributed by atoms with E-state index >= 15 is 0 Å². The van der Waals surface area contributed by atoms with E-state index in [1.165, 1.54) is 0 Å². The molecule has 0 aromatic heterocycles. The summed E-state index contributed by atoms with van der Waals surface area (Å²) < 4.78 is 15.5. The second kappa shape index (κ2) is 10.7. The lowest BCUT2D eigenvalue weighted by Gasteiger charge is -2.27. The third kappa shape index (κ3) is 5.63. The van der Waals surface area contributed by atoms with Crippen molar-refractivity contribution in [2.45, 2.75) is 19.1 Å². The molecule has 7 heteroatoms. The van der Waals surface area contributed by atoms with Crippen LogP contribution in [0.15, 0.2) is 60.7 Å². The fourth-order valence-corrected chi connectivity index (χ4v) is 2.52. The van der Waals surface area contributed by atoms with Gasteiger partial charge in [0.05, 0.1) is 12.6 Å². The van der Waals surface area contributed by atoms with Crippen molar-refractivity contribution in [3.05, 3.63) is 71.8 Å². The SMILES string of the molecule is CCOC(=O)[C@@H](OCOP)C(NC(=O)c1ccccc1)c1ccccc1. The Morgan fingerprint density at radius 1 is 1.04 bits per heavy atom. The number of nitrogens with one attached hydrogen (secondary N) is 1. The molecule has 0 saturated heterocycles. The summed E-state index contributed by atoms with van der Waals surface area (Å²) in [4.78, 5) is 25.1. The first-order chi connectivity index (χ1) is 12.7. The van der Waals surface area contributed by atoms with E-state index in [0.29, 0.717) is 5.56 Å².